The average Bonchev–Trinajstić information content (AvgIpc) is 2.73. The summed E-state index contributed by atoms with van der Waals surface area (Å²) in [6.45, 7) is 0. The van der Waals surface area contributed by atoms with E-state index in [2.05, 4.69) is 29.2 Å². The molecule has 0 N–H and O–H groups in total. The summed E-state index contributed by atoms with van der Waals surface area (Å²) in [6.07, 6.45) is 3.26. The van der Waals surface area contributed by atoms with Gasteiger partial charge in [0.05, 0.1) is 7.11 Å². The average molecular weight is 339 g/mol. The van der Waals surface area contributed by atoms with Crippen LogP contribution in [0.25, 0.3) is 21.9 Å². The van der Waals surface area contributed by atoms with Gasteiger partial charge in [-0.15, -0.1) is 0 Å². The summed E-state index contributed by atoms with van der Waals surface area (Å²) in [5.74, 6) is 0.855. The van der Waals surface area contributed by atoms with E-state index < -0.39 is 0 Å². The number of rotatable bonds is 4. The summed E-state index contributed by atoms with van der Waals surface area (Å²) in [6, 6.07) is 23.5. The van der Waals surface area contributed by atoms with E-state index in [0.717, 1.165) is 27.6 Å². The maximum absolute atomic E-state index is 12.5. The van der Waals surface area contributed by atoms with Crippen LogP contribution in [0.1, 0.15) is 15.9 Å². The molecule has 1 aromatic heterocycles. The first-order valence-corrected chi connectivity index (χ1v) is 8.37. The molecule has 126 valence electrons. The number of hydrogen-bond acceptors (Lipinski definition) is 3. The lowest BCUT2D eigenvalue weighted by atomic mass is 9.98. The van der Waals surface area contributed by atoms with Crippen molar-refractivity contribution in [3.63, 3.8) is 0 Å². The lowest BCUT2D eigenvalue weighted by Gasteiger charge is -2.07. The van der Waals surface area contributed by atoms with Gasteiger partial charge in [-0.05, 0) is 52.2 Å². The van der Waals surface area contributed by atoms with E-state index in [1.807, 2.05) is 36.4 Å². The number of ether oxygens (including phenoxy) is 1. The van der Waals surface area contributed by atoms with Gasteiger partial charge < -0.3 is 4.74 Å². The van der Waals surface area contributed by atoms with Gasteiger partial charge in [0.2, 0.25) is 0 Å². The fourth-order valence-corrected chi connectivity index (χ4v) is 3.01. The van der Waals surface area contributed by atoms with Gasteiger partial charge >= 0.3 is 0 Å². The molecule has 0 bridgehead atoms. The number of benzene rings is 3. The van der Waals surface area contributed by atoms with Crippen LogP contribution in [0.3, 0.4) is 0 Å². The third kappa shape index (κ3) is 3.07. The van der Waals surface area contributed by atoms with E-state index in [4.69, 9.17) is 4.74 Å². The third-order valence-electron chi connectivity index (χ3n) is 4.47. The van der Waals surface area contributed by atoms with Gasteiger partial charge in [0.15, 0.2) is 5.78 Å². The Bertz CT molecular complexity index is 1070. The van der Waals surface area contributed by atoms with E-state index >= 15 is 0 Å². The highest BCUT2D eigenvalue weighted by molar-refractivity contribution is 6.09. The van der Waals surface area contributed by atoms with Crippen molar-refractivity contribution in [1.29, 1.82) is 0 Å². The number of nitrogens with zero attached hydrogens (tertiary/aromatic N) is 1. The minimum Gasteiger partial charge on any atom is -0.497 e. The normalized spacial score (nSPS) is 10.7. The molecule has 1 heterocycles. The fourth-order valence-electron chi connectivity index (χ4n) is 3.01. The van der Waals surface area contributed by atoms with Crippen LogP contribution in [0.2, 0.25) is 0 Å². The van der Waals surface area contributed by atoms with Crippen LogP contribution in [-0.2, 0) is 0 Å². The SMILES string of the molecule is COc1ccc2cc(-c3ccc(C(=O)c4ccncc4)cc3)ccc2c1. The molecule has 26 heavy (non-hydrogen) atoms. The molecule has 0 aliphatic rings. The topological polar surface area (TPSA) is 39.2 Å². The van der Waals surface area contributed by atoms with Crippen molar-refractivity contribution in [2.24, 2.45) is 0 Å². The highest BCUT2D eigenvalue weighted by Gasteiger charge is 2.09. The fraction of sp³-hybridized carbons (Fsp3) is 0.0435. The third-order valence-corrected chi connectivity index (χ3v) is 4.47. The Morgan fingerprint density at radius 2 is 1.35 bits per heavy atom. The van der Waals surface area contributed by atoms with Gasteiger partial charge in [-0.3, -0.25) is 9.78 Å². The quantitative estimate of drug-likeness (QED) is 0.483. The Hall–Kier alpha value is -3.46. The second-order valence-corrected chi connectivity index (χ2v) is 6.07. The molecule has 0 aliphatic carbocycles. The summed E-state index contributed by atoms with van der Waals surface area (Å²) in [4.78, 5) is 16.4. The minimum atomic E-state index is 0.00422. The van der Waals surface area contributed by atoms with Gasteiger partial charge in [-0.25, -0.2) is 0 Å². The monoisotopic (exact) mass is 339 g/mol. The molecular weight excluding hydrogens is 322 g/mol. The Balaban J connectivity index is 1.64. The number of ketones is 1. The molecule has 3 nitrogen and oxygen atoms in total. The summed E-state index contributed by atoms with van der Waals surface area (Å²) in [7, 11) is 1.67. The standard InChI is InChI=1S/C23H17NO2/c1-26-22-9-8-20-14-19(6-7-21(20)15-22)16-2-4-17(5-3-16)23(25)18-10-12-24-13-11-18/h2-15H,1H3. The second-order valence-electron chi connectivity index (χ2n) is 6.07. The first kappa shape index (κ1) is 16.0. The summed E-state index contributed by atoms with van der Waals surface area (Å²) >= 11 is 0. The molecule has 0 amide bonds. The van der Waals surface area contributed by atoms with Crippen molar-refractivity contribution < 1.29 is 9.53 Å². The van der Waals surface area contributed by atoms with Crippen LogP contribution in [0.4, 0.5) is 0 Å². The number of pyridine rings is 1. The minimum absolute atomic E-state index is 0.00422. The van der Waals surface area contributed by atoms with Gasteiger partial charge in [0.25, 0.3) is 0 Å². The van der Waals surface area contributed by atoms with Crippen LogP contribution in [0, 0.1) is 0 Å². The van der Waals surface area contributed by atoms with Crippen molar-refractivity contribution >= 4 is 16.6 Å². The predicted molar refractivity (Wildman–Crippen MR) is 104 cm³/mol. The predicted octanol–water partition coefficient (Wildman–Crippen LogP) is 5.14. The van der Waals surface area contributed by atoms with Gasteiger partial charge in [0, 0.05) is 23.5 Å². The molecule has 3 heteroatoms. The molecule has 0 spiro atoms. The number of fused-ring (bicyclic) bond motifs is 1. The van der Waals surface area contributed by atoms with Crippen LogP contribution in [0.5, 0.6) is 5.75 Å². The maximum Gasteiger partial charge on any atom is 0.193 e. The molecular formula is C23H17NO2. The Morgan fingerprint density at radius 1 is 0.731 bits per heavy atom. The molecule has 0 unspecified atom stereocenters. The van der Waals surface area contributed by atoms with Gasteiger partial charge in [0.1, 0.15) is 5.75 Å². The Morgan fingerprint density at radius 3 is 2.08 bits per heavy atom. The molecule has 0 aliphatic heterocycles. The van der Waals surface area contributed by atoms with Crippen molar-refractivity contribution in [3.05, 3.63) is 96.3 Å². The lowest BCUT2D eigenvalue weighted by Crippen LogP contribution is -2.00. The first-order chi connectivity index (χ1) is 12.7. The zero-order valence-electron chi connectivity index (χ0n) is 14.3. The number of methoxy groups -OCH3 is 1. The molecule has 3 aromatic carbocycles. The molecule has 0 fully saturated rings. The maximum atomic E-state index is 12.5. The lowest BCUT2D eigenvalue weighted by molar-refractivity contribution is 0.103. The zero-order chi connectivity index (χ0) is 17.9. The highest BCUT2D eigenvalue weighted by atomic mass is 16.5. The summed E-state index contributed by atoms with van der Waals surface area (Å²) in [5, 5.41) is 2.29. The van der Waals surface area contributed by atoms with Crippen molar-refractivity contribution in [2.45, 2.75) is 0 Å². The molecule has 0 atom stereocenters. The summed E-state index contributed by atoms with van der Waals surface area (Å²) < 4.78 is 5.27. The van der Waals surface area contributed by atoms with Crippen molar-refractivity contribution in [1.82, 2.24) is 4.98 Å². The highest BCUT2D eigenvalue weighted by Crippen LogP contribution is 2.27. The van der Waals surface area contributed by atoms with Crippen molar-refractivity contribution in [2.75, 3.05) is 7.11 Å². The Labute approximate surface area is 151 Å². The van der Waals surface area contributed by atoms with E-state index in [-0.39, 0.29) is 5.78 Å². The van der Waals surface area contributed by atoms with Crippen LogP contribution >= 0.6 is 0 Å². The summed E-state index contributed by atoms with van der Waals surface area (Å²) in [5.41, 5.74) is 3.51. The first-order valence-electron chi connectivity index (χ1n) is 8.37. The number of aromatic nitrogens is 1. The Kier molecular flexibility index (Phi) is 4.20. The van der Waals surface area contributed by atoms with Crippen molar-refractivity contribution in [3.8, 4) is 16.9 Å². The molecule has 4 aromatic rings. The number of carbonyl (C=O) groups is 1. The van der Waals surface area contributed by atoms with E-state index in [1.165, 1.54) is 0 Å². The van der Waals surface area contributed by atoms with Gasteiger partial charge in [-0.2, -0.15) is 0 Å². The second kappa shape index (κ2) is 6.81. The van der Waals surface area contributed by atoms with E-state index in [9.17, 15) is 4.79 Å². The number of carbonyl (C=O) groups excluding carboxylic acids is 1. The smallest absolute Gasteiger partial charge is 0.193 e. The van der Waals surface area contributed by atoms with Gasteiger partial charge in [-0.1, -0.05) is 42.5 Å². The zero-order valence-corrected chi connectivity index (χ0v) is 14.3. The van der Waals surface area contributed by atoms with E-state index in [0.29, 0.717) is 11.1 Å². The van der Waals surface area contributed by atoms with Crippen LogP contribution in [0.15, 0.2) is 85.2 Å². The van der Waals surface area contributed by atoms with E-state index in [1.54, 1.807) is 31.6 Å². The van der Waals surface area contributed by atoms with Crippen LogP contribution < -0.4 is 4.74 Å². The van der Waals surface area contributed by atoms with Crippen LogP contribution in [-0.4, -0.2) is 17.9 Å². The molecule has 0 saturated carbocycles. The number of hydrogen-bond donors (Lipinski definition) is 0. The molecule has 0 radical (unpaired) electrons. The molecule has 0 saturated heterocycles. The largest absolute Gasteiger partial charge is 0.497 e. The molecule has 4 rings (SSSR count).